The topological polar surface area (TPSA) is 131 Å². The first-order valence-corrected chi connectivity index (χ1v) is 11.7. The van der Waals surface area contributed by atoms with Crippen LogP contribution in [0.5, 0.6) is 5.75 Å². The van der Waals surface area contributed by atoms with E-state index in [2.05, 4.69) is 14.4 Å². The molecule has 0 radical (unpaired) electrons. The molecule has 0 aliphatic heterocycles. The van der Waals surface area contributed by atoms with E-state index in [1.54, 1.807) is 0 Å². The molecule has 10 heteroatoms. The summed E-state index contributed by atoms with van der Waals surface area (Å²) in [6, 6.07) is 2.34. The lowest BCUT2D eigenvalue weighted by Crippen LogP contribution is -2.44. The van der Waals surface area contributed by atoms with Gasteiger partial charge in [0, 0.05) is 20.6 Å². The Balaban J connectivity index is 2.97. The molecule has 1 aromatic rings. The van der Waals surface area contributed by atoms with Crippen molar-refractivity contribution in [3.05, 3.63) is 28.8 Å². The van der Waals surface area contributed by atoms with E-state index in [9.17, 15) is 24.4 Å². The zero-order valence-corrected chi connectivity index (χ0v) is 21.0. The quantitative estimate of drug-likeness (QED) is 0.436. The number of hydrogen-bond donors (Lipinski definition) is 3. The highest BCUT2D eigenvalue weighted by molar-refractivity contribution is 7.48. The molecule has 0 saturated carbocycles. The summed E-state index contributed by atoms with van der Waals surface area (Å²) in [5.41, 5.74) is 1.83. The number of carbonyl (C=O) groups is 2. The van der Waals surface area contributed by atoms with Crippen LogP contribution in [0, 0.1) is 0 Å². The SMILES string of the molecule is COP(=O)(OC)OC[C@H](NC(=O)CCc1cc(C(C)(C)C)c(O)c(C(C)(C)C)c1)C(=O)O. The molecular formula is C22H36NO8P. The normalized spacial score (nSPS) is 13.6. The number of phenols is 1. The Hall–Kier alpha value is -1.93. The van der Waals surface area contributed by atoms with Gasteiger partial charge in [0.05, 0.1) is 6.61 Å². The standard InChI is InChI=1S/C22H36NO8P/c1-21(2,3)15-11-14(12-16(19(15)25)22(4,5)6)9-10-18(24)23-17(20(26)27)13-31-32(28,29-7)30-8/h11-12,17,25H,9-10,13H2,1-8H3,(H,23,24)(H,26,27)/t17-/m0/s1. The maximum atomic E-state index is 12.4. The predicted octanol–water partition coefficient (Wildman–Crippen LogP) is 3.91. The second kappa shape index (κ2) is 10.8. The Morgan fingerprint density at radius 1 is 1.03 bits per heavy atom. The maximum Gasteiger partial charge on any atom is 0.474 e. The number of phenolic OH excluding ortho intramolecular Hbond substituents is 1. The third-order valence-corrected chi connectivity index (χ3v) is 6.27. The molecule has 0 aromatic heterocycles. The van der Waals surface area contributed by atoms with Crippen LogP contribution in [0.4, 0.5) is 0 Å². The van der Waals surface area contributed by atoms with Crippen molar-refractivity contribution in [2.24, 2.45) is 0 Å². The van der Waals surface area contributed by atoms with Crippen LogP contribution in [0.25, 0.3) is 0 Å². The van der Waals surface area contributed by atoms with Crippen molar-refractivity contribution in [3.63, 3.8) is 0 Å². The number of amides is 1. The summed E-state index contributed by atoms with van der Waals surface area (Å²) in [6.07, 6.45) is 0.369. The fourth-order valence-corrected chi connectivity index (χ4v) is 3.72. The number of hydrogen-bond acceptors (Lipinski definition) is 7. The monoisotopic (exact) mass is 473 g/mol. The van der Waals surface area contributed by atoms with Crippen LogP contribution in [0.2, 0.25) is 0 Å². The number of carboxylic acid groups (broad SMARTS) is 1. The molecule has 1 aromatic carbocycles. The van der Waals surface area contributed by atoms with Crippen molar-refractivity contribution in [2.45, 2.75) is 71.3 Å². The lowest BCUT2D eigenvalue weighted by atomic mass is 9.78. The van der Waals surface area contributed by atoms with Crippen molar-refractivity contribution in [2.75, 3.05) is 20.8 Å². The second-order valence-corrected chi connectivity index (χ2v) is 11.5. The average molecular weight is 474 g/mol. The molecular weight excluding hydrogens is 437 g/mol. The smallest absolute Gasteiger partial charge is 0.474 e. The molecule has 9 nitrogen and oxygen atoms in total. The number of aryl methyl sites for hydroxylation is 1. The Morgan fingerprint density at radius 3 is 1.88 bits per heavy atom. The Bertz CT molecular complexity index is 827. The lowest BCUT2D eigenvalue weighted by molar-refractivity contribution is -0.142. The van der Waals surface area contributed by atoms with Gasteiger partial charge in [-0.05, 0) is 33.9 Å². The first-order chi connectivity index (χ1) is 14.5. The fraction of sp³-hybridized carbons (Fsp3) is 0.636. The van der Waals surface area contributed by atoms with E-state index in [0.29, 0.717) is 6.42 Å². The molecule has 0 aliphatic rings. The van der Waals surface area contributed by atoms with Crippen molar-refractivity contribution in [1.82, 2.24) is 5.32 Å². The average Bonchev–Trinajstić information content (AvgIpc) is 2.67. The summed E-state index contributed by atoms with van der Waals surface area (Å²) >= 11 is 0. The summed E-state index contributed by atoms with van der Waals surface area (Å²) in [7, 11) is -1.66. The van der Waals surface area contributed by atoms with Gasteiger partial charge in [-0.3, -0.25) is 18.4 Å². The van der Waals surface area contributed by atoms with Crippen LogP contribution in [-0.4, -0.2) is 49.0 Å². The number of aromatic hydroxyl groups is 1. The summed E-state index contributed by atoms with van der Waals surface area (Å²) < 4.78 is 26.1. The van der Waals surface area contributed by atoms with Gasteiger partial charge in [0.25, 0.3) is 0 Å². The molecule has 182 valence electrons. The van der Waals surface area contributed by atoms with Gasteiger partial charge in [0.15, 0.2) is 6.04 Å². The van der Waals surface area contributed by atoms with Crippen molar-refractivity contribution in [1.29, 1.82) is 0 Å². The number of carboxylic acids is 1. The molecule has 1 amide bonds. The number of phosphoric acid groups is 1. The minimum Gasteiger partial charge on any atom is -0.507 e. The number of benzene rings is 1. The van der Waals surface area contributed by atoms with E-state index in [1.807, 2.05) is 53.7 Å². The second-order valence-electron chi connectivity index (χ2n) is 9.61. The minimum absolute atomic E-state index is 0.0218. The number of carbonyl (C=O) groups excluding carboxylic acids is 1. The van der Waals surface area contributed by atoms with Gasteiger partial charge in [0.1, 0.15) is 5.75 Å². The van der Waals surface area contributed by atoms with Gasteiger partial charge in [-0.2, -0.15) is 0 Å². The van der Waals surface area contributed by atoms with Gasteiger partial charge in [0.2, 0.25) is 5.91 Å². The highest BCUT2D eigenvalue weighted by atomic mass is 31.2. The van der Waals surface area contributed by atoms with E-state index in [0.717, 1.165) is 30.9 Å². The van der Waals surface area contributed by atoms with Gasteiger partial charge in [-0.25, -0.2) is 9.36 Å². The molecule has 1 atom stereocenters. The first kappa shape index (κ1) is 28.1. The minimum atomic E-state index is -3.87. The first-order valence-electron chi connectivity index (χ1n) is 10.3. The van der Waals surface area contributed by atoms with Crippen LogP contribution in [0.1, 0.15) is 64.7 Å². The van der Waals surface area contributed by atoms with Gasteiger partial charge >= 0.3 is 13.8 Å². The highest BCUT2D eigenvalue weighted by Crippen LogP contribution is 2.47. The van der Waals surface area contributed by atoms with Crippen LogP contribution < -0.4 is 5.32 Å². The lowest BCUT2D eigenvalue weighted by Gasteiger charge is -2.28. The van der Waals surface area contributed by atoms with E-state index in [-0.39, 0.29) is 23.0 Å². The summed E-state index contributed by atoms with van der Waals surface area (Å²) in [6.45, 7) is 11.4. The molecule has 0 aliphatic carbocycles. The maximum absolute atomic E-state index is 12.4. The highest BCUT2D eigenvalue weighted by Gasteiger charge is 2.29. The Morgan fingerprint density at radius 2 is 1.50 bits per heavy atom. The van der Waals surface area contributed by atoms with Crippen molar-refractivity contribution >= 4 is 19.7 Å². The molecule has 3 N–H and O–H groups in total. The van der Waals surface area contributed by atoms with Crippen molar-refractivity contribution in [3.8, 4) is 5.75 Å². The fourth-order valence-electron chi connectivity index (χ4n) is 3.03. The van der Waals surface area contributed by atoms with Crippen LogP contribution in [0.15, 0.2) is 12.1 Å². The van der Waals surface area contributed by atoms with E-state index >= 15 is 0 Å². The molecule has 0 fully saturated rings. The third-order valence-electron chi connectivity index (χ3n) is 4.91. The molecule has 0 bridgehead atoms. The third kappa shape index (κ3) is 7.89. The van der Waals surface area contributed by atoms with Gasteiger partial charge in [-0.1, -0.05) is 53.7 Å². The molecule has 0 heterocycles. The molecule has 0 spiro atoms. The zero-order valence-electron chi connectivity index (χ0n) is 20.1. The predicted molar refractivity (Wildman–Crippen MR) is 121 cm³/mol. The number of phosphoric ester groups is 1. The van der Waals surface area contributed by atoms with E-state index < -0.39 is 32.3 Å². The van der Waals surface area contributed by atoms with Crippen molar-refractivity contribution < 1.29 is 37.9 Å². The Kier molecular flexibility index (Phi) is 9.48. The summed E-state index contributed by atoms with van der Waals surface area (Å²) in [5.74, 6) is -1.60. The van der Waals surface area contributed by atoms with E-state index in [1.165, 1.54) is 0 Å². The van der Waals surface area contributed by atoms with Crippen LogP contribution in [-0.2, 0) is 45.0 Å². The largest absolute Gasteiger partial charge is 0.507 e. The zero-order chi connectivity index (χ0) is 24.9. The summed E-state index contributed by atoms with van der Waals surface area (Å²) in [5, 5.41) is 22.5. The van der Waals surface area contributed by atoms with E-state index in [4.69, 9.17) is 4.52 Å². The number of rotatable bonds is 10. The summed E-state index contributed by atoms with van der Waals surface area (Å²) in [4.78, 5) is 23.9. The van der Waals surface area contributed by atoms with Gasteiger partial charge in [-0.15, -0.1) is 0 Å². The molecule has 32 heavy (non-hydrogen) atoms. The van der Waals surface area contributed by atoms with Crippen LogP contribution in [0.3, 0.4) is 0 Å². The molecule has 0 saturated heterocycles. The van der Waals surface area contributed by atoms with Crippen LogP contribution >= 0.6 is 7.82 Å². The number of aliphatic carboxylic acids is 1. The number of nitrogens with one attached hydrogen (secondary N) is 1. The Labute approximate surface area is 190 Å². The molecule has 0 unspecified atom stereocenters. The molecule has 1 rings (SSSR count). The van der Waals surface area contributed by atoms with Gasteiger partial charge < -0.3 is 15.5 Å².